The first-order valence-electron chi connectivity index (χ1n) is 8.09. The highest BCUT2D eigenvalue weighted by Crippen LogP contribution is 2.45. The Morgan fingerprint density at radius 2 is 1.35 bits per heavy atom. The molecule has 2 nitrogen and oxygen atoms in total. The zero-order valence-corrected chi connectivity index (χ0v) is 15.8. The van der Waals surface area contributed by atoms with Crippen molar-refractivity contribution in [1.82, 2.24) is 0 Å². The van der Waals surface area contributed by atoms with Crippen LogP contribution in [0.5, 0.6) is 5.75 Å². The van der Waals surface area contributed by atoms with Gasteiger partial charge in [0.05, 0.1) is 5.30 Å². The second-order valence-electron chi connectivity index (χ2n) is 8.36. The molecule has 1 atom stereocenters. The molecule has 1 aliphatic heterocycles. The van der Waals surface area contributed by atoms with Gasteiger partial charge < -0.3 is 4.52 Å². The molecule has 0 bridgehead atoms. The number of benzene rings is 2. The Kier molecular flexibility index (Phi) is 3.72. The van der Waals surface area contributed by atoms with Crippen molar-refractivity contribution in [1.29, 1.82) is 0 Å². The summed E-state index contributed by atoms with van der Waals surface area (Å²) in [5.74, 6) is 0.734. The summed E-state index contributed by atoms with van der Waals surface area (Å²) in [6, 6.07) is 12.5. The van der Waals surface area contributed by atoms with Crippen LogP contribution in [0.4, 0.5) is 0 Å². The predicted molar refractivity (Wildman–Crippen MR) is 98.5 cm³/mol. The van der Waals surface area contributed by atoms with E-state index >= 15 is 0 Å². The predicted octanol–water partition coefficient (Wildman–Crippen LogP) is 5.44. The van der Waals surface area contributed by atoms with Gasteiger partial charge in [-0.15, -0.1) is 0 Å². The molecule has 0 fully saturated rings. The Balaban J connectivity index is 2.20. The highest BCUT2D eigenvalue weighted by Gasteiger charge is 2.26. The van der Waals surface area contributed by atoms with Gasteiger partial charge in [-0.25, -0.2) is 0 Å². The molecule has 0 aliphatic carbocycles. The van der Waals surface area contributed by atoms with Gasteiger partial charge >= 0.3 is 0 Å². The average Bonchev–Trinajstić information content (AvgIpc) is 2.44. The van der Waals surface area contributed by atoms with Crippen LogP contribution >= 0.6 is 8.03 Å². The maximum atomic E-state index is 12.6. The minimum atomic E-state index is -2.24. The van der Waals surface area contributed by atoms with Gasteiger partial charge in [0.1, 0.15) is 5.75 Å². The van der Waals surface area contributed by atoms with Crippen LogP contribution in [0.15, 0.2) is 36.4 Å². The summed E-state index contributed by atoms with van der Waals surface area (Å²) >= 11 is 0. The highest BCUT2D eigenvalue weighted by atomic mass is 31.1. The molecule has 0 saturated carbocycles. The standard InChI is InChI=1S/C20H25O2P/c1-19(2,3)13-8-10-17-16(11-13)15-9-7-14(20(4,5)6)12-18(15)23(21)22-17/h7-12,23H,1-6H3. The lowest BCUT2D eigenvalue weighted by atomic mass is 9.84. The zero-order chi connectivity index (χ0) is 17.0. The molecule has 0 saturated heterocycles. The highest BCUT2D eigenvalue weighted by molar-refractivity contribution is 7.49. The summed E-state index contributed by atoms with van der Waals surface area (Å²) in [4.78, 5) is 0. The van der Waals surface area contributed by atoms with Gasteiger partial charge in [-0.1, -0.05) is 59.7 Å². The van der Waals surface area contributed by atoms with Crippen molar-refractivity contribution in [2.75, 3.05) is 0 Å². The maximum absolute atomic E-state index is 12.6. The summed E-state index contributed by atoms with van der Waals surface area (Å²) in [5.41, 5.74) is 4.65. The Morgan fingerprint density at radius 1 is 0.783 bits per heavy atom. The van der Waals surface area contributed by atoms with Gasteiger partial charge in [0.25, 0.3) is 8.03 Å². The lowest BCUT2D eigenvalue weighted by molar-refractivity contribution is 0.512. The van der Waals surface area contributed by atoms with Gasteiger partial charge in [-0.2, -0.15) is 0 Å². The van der Waals surface area contributed by atoms with E-state index in [1.165, 1.54) is 11.1 Å². The molecule has 0 aromatic heterocycles. The molecule has 0 N–H and O–H groups in total. The van der Waals surface area contributed by atoms with Gasteiger partial charge in [0.2, 0.25) is 0 Å². The van der Waals surface area contributed by atoms with E-state index in [-0.39, 0.29) is 10.8 Å². The Hall–Kier alpha value is -1.53. The van der Waals surface area contributed by atoms with E-state index in [0.29, 0.717) is 0 Å². The summed E-state index contributed by atoms with van der Waals surface area (Å²) in [6.45, 7) is 13.1. The molecule has 1 heterocycles. The third kappa shape index (κ3) is 2.97. The molecule has 0 amide bonds. The Morgan fingerprint density at radius 3 is 1.96 bits per heavy atom. The quantitative estimate of drug-likeness (QED) is 0.602. The molecule has 2 aromatic rings. The van der Waals surface area contributed by atoms with Crippen molar-refractivity contribution in [3.63, 3.8) is 0 Å². The first kappa shape index (κ1) is 16.3. The fourth-order valence-electron chi connectivity index (χ4n) is 2.87. The smallest absolute Gasteiger partial charge is 0.266 e. The molecule has 2 aromatic carbocycles. The fraction of sp³-hybridized carbons (Fsp3) is 0.400. The van der Waals surface area contributed by atoms with Gasteiger partial charge in [-0.3, -0.25) is 4.57 Å². The van der Waals surface area contributed by atoms with Crippen LogP contribution in [-0.4, -0.2) is 0 Å². The van der Waals surface area contributed by atoms with Crippen molar-refractivity contribution in [3.05, 3.63) is 47.5 Å². The number of fused-ring (bicyclic) bond motifs is 3. The second kappa shape index (κ2) is 5.24. The van der Waals surface area contributed by atoms with Crippen molar-refractivity contribution < 1.29 is 9.09 Å². The summed E-state index contributed by atoms with van der Waals surface area (Å²) in [5, 5.41) is 0.848. The van der Waals surface area contributed by atoms with Gasteiger partial charge in [0.15, 0.2) is 0 Å². The molecular formula is C20H25O2P. The second-order valence-corrected chi connectivity index (χ2v) is 9.68. The SMILES string of the molecule is CC(C)(C)c1ccc2c(c1)-c1ccc(C(C)(C)C)cc1[PH](=O)O2. The van der Waals surface area contributed by atoms with Crippen LogP contribution in [0.1, 0.15) is 52.7 Å². The molecule has 3 rings (SSSR count). The van der Waals surface area contributed by atoms with E-state index in [0.717, 1.165) is 22.2 Å². The first-order chi connectivity index (χ1) is 10.6. The van der Waals surface area contributed by atoms with Crippen molar-refractivity contribution in [3.8, 4) is 16.9 Å². The van der Waals surface area contributed by atoms with E-state index in [1.807, 2.05) is 6.07 Å². The molecule has 3 heteroatoms. The summed E-state index contributed by atoms with van der Waals surface area (Å²) in [7, 11) is -2.24. The van der Waals surface area contributed by atoms with Crippen LogP contribution in [0.2, 0.25) is 0 Å². The third-order valence-corrected chi connectivity index (χ3v) is 5.70. The summed E-state index contributed by atoms with van der Waals surface area (Å²) in [6.07, 6.45) is 0. The Labute approximate surface area is 139 Å². The van der Waals surface area contributed by atoms with Crippen LogP contribution < -0.4 is 9.83 Å². The zero-order valence-electron chi connectivity index (χ0n) is 14.8. The number of hydrogen-bond acceptors (Lipinski definition) is 2. The monoisotopic (exact) mass is 328 g/mol. The number of hydrogen-bond donors (Lipinski definition) is 0. The van der Waals surface area contributed by atoms with Crippen LogP contribution in [-0.2, 0) is 15.4 Å². The van der Waals surface area contributed by atoms with E-state index in [4.69, 9.17) is 4.52 Å². The Bertz CT molecular complexity index is 792. The molecule has 1 unspecified atom stereocenters. The topological polar surface area (TPSA) is 26.3 Å². The molecule has 0 spiro atoms. The van der Waals surface area contributed by atoms with E-state index in [1.54, 1.807) is 0 Å². The van der Waals surface area contributed by atoms with Crippen molar-refractivity contribution in [2.24, 2.45) is 0 Å². The lowest BCUT2D eigenvalue weighted by Gasteiger charge is -2.27. The normalized spacial score (nSPS) is 17.2. The lowest BCUT2D eigenvalue weighted by Crippen LogP contribution is -2.18. The van der Waals surface area contributed by atoms with E-state index in [9.17, 15) is 4.57 Å². The first-order valence-corrected chi connectivity index (χ1v) is 9.40. The van der Waals surface area contributed by atoms with Gasteiger partial charge in [0, 0.05) is 5.56 Å². The van der Waals surface area contributed by atoms with Crippen LogP contribution in [0.25, 0.3) is 11.1 Å². The third-order valence-electron chi connectivity index (χ3n) is 4.44. The summed E-state index contributed by atoms with van der Waals surface area (Å²) < 4.78 is 18.3. The largest absolute Gasteiger partial charge is 0.441 e. The number of rotatable bonds is 0. The van der Waals surface area contributed by atoms with Crippen molar-refractivity contribution >= 4 is 13.3 Å². The minimum absolute atomic E-state index is 0.0325. The molecular weight excluding hydrogens is 303 g/mol. The molecule has 0 radical (unpaired) electrons. The maximum Gasteiger partial charge on any atom is 0.266 e. The minimum Gasteiger partial charge on any atom is -0.441 e. The molecule has 122 valence electrons. The van der Waals surface area contributed by atoms with E-state index < -0.39 is 8.03 Å². The molecule has 23 heavy (non-hydrogen) atoms. The fourth-order valence-corrected chi connectivity index (χ4v) is 4.06. The molecule has 1 aliphatic rings. The van der Waals surface area contributed by atoms with E-state index in [2.05, 4.69) is 71.9 Å². The average molecular weight is 328 g/mol. The van der Waals surface area contributed by atoms with Crippen molar-refractivity contribution in [2.45, 2.75) is 52.4 Å². The van der Waals surface area contributed by atoms with Gasteiger partial charge in [-0.05, 0) is 45.7 Å². The van der Waals surface area contributed by atoms with Crippen LogP contribution in [0, 0.1) is 0 Å². The van der Waals surface area contributed by atoms with Crippen LogP contribution in [0.3, 0.4) is 0 Å².